The van der Waals surface area contributed by atoms with Gasteiger partial charge in [-0.05, 0) is 57.1 Å². The van der Waals surface area contributed by atoms with E-state index in [2.05, 4.69) is 26.3 Å². The maximum atomic E-state index is 12.5. The predicted octanol–water partition coefficient (Wildman–Crippen LogP) is 2.53. The van der Waals surface area contributed by atoms with Crippen molar-refractivity contribution in [3.05, 3.63) is 35.7 Å². The van der Waals surface area contributed by atoms with E-state index in [1.54, 1.807) is 31.2 Å². The average Bonchev–Trinajstić information content (AvgIpc) is 3.05. The third-order valence-electron chi connectivity index (χ3n) is 4.54. The van der Waals surface area contributed by atoms with Crippen LogP contribution >= 0.6 is 12.4 Å². The van der Waals surface area contributed by atoms with Crippen LogP contribution < -0.4 is 16.0 Å². The maximum absolute atomic E-state index is 12.5. The lowest BCUT2D eigenvalue weighted by atomic mass is 10.1. The highest BCUT2D eigenvalue weighted by molar-refractivity contribution is 6.03. The minimum atomic E-state index is -0.284. The van der Waals surface area contributed by atoms with E-state index in [0.29, 0.717) is 23.5 Å². The number of benzene rings is 1. The molecule has 0 bridgehead atoms. The molecule has 2 heterocycles. The Morgan fingerprint density at radius 2 is 1.74 bits per heavy atom. The number of halogens is 1. The minimum absolute atomic E-state index is 0. The van der Waals surface area contributed by atoms with E-state index in [-0.39, 0.29) is 30.3 Å². The van der Waals surface area contributed by atoms with Crippen LogP contribution in [0.3, 0.4) is 0 Å². The average molecular weight is 393 g/mol. The van der Waals surface area contributed by atoms with Crippen LogP contribution in [-0.2, 0) is 4.79 Å². The van der Waals surface area contributed by atoms with E-state index in [9.17, 15) is 9.59 Å². The summed E-state index contributed by atoms with van der Waals surface area (Å²) in [5, 5.41) is 17.2. The van der Waals surface area contributed by atoms with Crippen LogP contribution in [0.1, 0.15) is 48.4 Å². The first-order chi connectivity index (χ1) is 12.6. The Bertz CT molecular complexity index is 784. The molecule has 3 rings (SSSR count). The van der Waals surface area contributed by atoms with Gasteiger partial charge in [0.2, 0.25) is 5.91 Å². The van der Waals surface area contributed by atoms with Crippen LogP contribution in [-0.4, -0.2) is 39.9 Å². The summed E-state index contributed by atoms with van der Waals surface area (Å²) >= 11 is 0. The summed E-state index contributed by atoms with van der Waals surface area (Å²) in [6.07, 6.45) is 2.39. The summed E-state index contributed by atoms with van der Waals surface area (Å²) in [6.45, 7) is 5.57. The van der Waals surface area contributed by atoms with Crippen LogP contribution in [0.25, 0.3) is 0 Å². The lowest BCUT2D eigenvalue weighted by Crippen LogP contribution is -2.30. The molecule has 0 saturated carbocycles. The number of rotatable bonds is 5. The van der Waals surface area contributed by atoms with Crippen LogP contribution in [0.2, 0.25) is 0 Å². The highest BCUT2D eigenvalue weighted by Crippen LogP contribution is 2.21. The van der Waals surface area contributed by atoms with Gasteiger partial charge in [0.1, 0.15) is 0 Å². The molecule has 1 aromatic carbocycles. The molecule has 3 N–H and O–H groups in total. The third-order valence-corrected chi connectivity index (χ3v) is 4.54. The van der Waals surface area contributed by atoms with Gasteiger partial charge in [0.25, 0.3) is 5.91 Å². The SMILES string of the molecule is CCC(=O)Nc1ccc(NC(=O)c2nnn(C3CCNCC3)c2C)cc1.Cl. The number of aromatic nitrogens is 3. The molecule has 1 saturated heterocycles. The van der Waals surface area contributed by atoms with Gasteiger partial charge in [-0.1, -0.05) is 12.1 Å². The summed E-state index contributed by atoms with van der Waals surface area (Å²) in [6, 6.07) is 7.28. The molecule has 0 spiro atoms. The van der Waals surface area contributed by atoms with Crippen molar-refractivity contribution in [1.29, 1.82) is 0 Å². The molecule has 0 unspecified atom stereocenters. The minimum Gasteiger partial charge on any atom is -0.326 e. The van der Waals surface area contributed by atoms with Crippen molar-refractivity contribution in [3.8, 4) is 0 Å². The Hall–Kier alpha value is -2.45. The van der Waals surface area contributed by atoms with Crippen molar-refractivity contribution in [1.82, 2.24) is 20.3 Å². The first kappa shape index (κ1) is 20.9. The lowest BCUT2D eigenvalue weighted by molar-refractivity contribution is -0.115. The summed E-state index contributed by atoms with van der Waals surface area (Å²) in [4.78, 5) is 23.9. The van der Waals surface area contributed by atoms with Crippen molar-refractivity contribution >= 4 is 35.6 Å². The van der Waals surface area contributed by atoms with Gasteiger partial charge in [-0.2, -0.15) is 0 Å². The molecule has 0 atom stereocenters. The largest absolute Gasteiger partial charge is 0.326 e. The van der Waals surface area contributed by atoms with Gasteiger partial charge in [0.05, 0.1) is 11.7 Å². The fourth-order valence-corrected chi connectivity index (χ4v) is 3.03. The van der Waals surface area contributed by atoms with Gasteiger partial charge < -0.3 is 16.0 Å². The Morgan fingerprint density at radius 1 is 1.15 bits per heavy atom. The second-order valence-corrected chi connectivity index (χ2v) is 6.38. The van der Waals surface area contributed by atoms with Crippen LogP contribution in [0.5, 0.6) is 0 Å². The summed E-state index contributed by atoms with van der Waals surface area (Å²) in [5.74, 6) is -0.333. The molecule has 146 valence electrons. The second kappa shape index (κ2) is 9.48. The Morgan fingerprint density at radius 3 is 2.33 bits per heavy atom. The van der Waals surface area contributed by atoms with Gasteiger partial charge >= 0.3 is 0 Å². The fraction of sp³-hybridized carbons (Fsp3) is 0.444. The number of amides is 2. The number of nitrogens with zero attached hydrogens (tertiary/aromatic N) is 3. The van der Waals surface area contributed by atoms with Crippen molar-refractivity contribution in [3.63, 3.8) is 0 Å². The Balaban J connectivity index is 0.00000261. The lowest BCUT2D eigenvalue weighted by Gasteiger charge is -2.23. The van der Waals surface area contributed by atoms with Gasteiger partial charge in [0.15, 0.2) is 5.69 Å². The summed E-state index contributed by atoms with van der Waals surface area (Å²) < 4.78 is 1.86. The highest BCUT2D eigenvalue weighted by Gasteiger charge is 2.22. The van der Waals surface area contributed by atoms with Gasteiger partial charge in [-0.3, -0.25) is 9.59 Å². The maximum Gasteiger partial charge on any atom is 0.278 e. The number of carbonyl (C=O) groups excluding carboxylic acids is 2. The number of hydrogen-bond donors (Lipinski definition) is 3. The standard InChI is InChI=1S/C18H24N6O2.ClH/c1-3-16(25)20-13-4-6-14(7-5-13)21-18(26)17-12(2)24(23-22-17)15-8-10-19-11-9-15;/h4-7,15,19H,3,8-11H2,1-2H3,(H,20,25)(H,21,26);1H. The monoisotopic (exact) mass is 392 g/mol. The molecule has 2 amide bonds. The Kier molecular flexibility index (Phi) is 7.32. The smallest absolute Gasteiger partial charge is 0.278 e. The van der Waals surface area contributed by atoms with E-state index in [0.717, 1.165) is 31.6 Å². The topological polar surface area (TPSA) is 101 Å². The van der Waals surface area contributed by atoms with E-state index in [4.69, 9.17) is 0 Å². The molecule has 1 aliphatic rings. The van der Waals surface area contributed by atoms with Gasteiger partial charge in [-0.25, -0.2) is 4.68 Å². The fourth-order valence-electron chi connectivity index (χ4n) is 3.03. The number of nitrogens with one attached hydrogen (secondary N) is 3. The van der Waals surface area contributed by atoms with Gasteiger partial charge in [-0.15, -0.1) is 17.5 Å². The van der Waals surface area contributed by atoms with Crippen molar-refractivity contribution < 1.29 is 9.59 Å². The number of carbonyl (C=O) groups is 2. The summed E-state index contributed by atoms with van der Waals surface area (Å²) in [7, 11) is 0. The van der Waals surface area contributed by atoms with Gasteiger partial charge in [0, 0.05) is 17.8 Å². The molecule has 8 nitrogen and oxygen atoms in total. The van der Waals surface area contributed by atoms with Crippen LogP contribution in [0.15, 0.2) is 24.3 Å². The summed E-state index contributed by atoms with van der Waals surface area (Å²) in [5.41, 5.74) is 2.45. The Labute approximate surface area is 164 Å². The second-order valence-electron chi connectivity index (χ2n) is 6.38. The number of hydrogen-bond acceptors (Lipinski definition) is 5. The molecule has 27 heavy (non-hydrogen) atoms. The van der Waals surface area contributed by atoms with Crippen LogP contribution in [0, 0.1) is 6.92 Å². The highest BCUT2D eigenvalue weighted by atomic mass is 35.5. The first-order valence-corrected chi connectivity index (χ1v) is 8.92. The normalized spacial score (nSPS) is 14.3. The van der Waals surface area contributed by atoms with E-state index in [1.165, 1.54) is 0 Å². The van der Waals surface area contributed by atoms with Crippen molar-refractivity contribution in [2.45, 2.75) is 39.2 Å². The van der Waals surface area contributed by atoms with E-state index in [1.807, 2.05) is 11.6 Å². The molecule has 9 heteroatoms. The van der Waals surface area contributed by atoms with Crippen molar-refractivity contribution in [2.75, 3.05) is 23.7 Å². The molecule has 1 aromatic heterocycles. The quantitative estimate of drug-likeness (QED) is 0.725. The molecule has 0 radical (unpaired) electrons. The molecule has 1 fully saturated rings. The number of anilines is 2. The predicted molar refractivity (Wildman–Crippen MR) is 106 cm³/mol. The van der Waals surface area contributed by atoms with E-state index < -0.39 is 0 Å². The first-order valence-electron chi connectivity index (χ1n) is 8.92. The molecular weight excluding hydrogens is 368 g/mol. The molecule has 2 aromatic rings. The zero-order valence-corrected chi connectivity index (χ0v) is 16.3. The molecule has 1 aliphatic heterocycles. The van der Waals surface area contributed by atoms with Crippen LogP contribution in [0.4, 0.5) is 11.4 Å². The van der Waals surface area contributed by atoms with Crippen molar-refractivity contribution in [2.24, 2.45) is 0 Å². The molecule has 0 aliphatic carbocycles. The van der Waals surface area contributed by atoms with E-state index >= 15 is 0 Å². The third kappa shape index (κ3) is 5.05. The number of piperidine rings is 1. The molecular formula is C18H25ClN6O2. The zero-order valence-electron chi connectivity index (χ0n) is 15.5. The zero-order chi connectivity index (χ0) is 18.5.